The number of hydrogen-bond donors (Lipinski definition) is 0. The molecule has 0 aliphatic carbocycles. The van der Waals surface area contributed by atoms with Gasteiger partial charge in [-0.3, -0.25) is 4.90 Å². The van der Waals surface area contributed by atoms with Gasteiger partial charge in [-0.15, -0.1) is 0 Å². The molecule has 1 unspecified atom stereocenters. The van der Waals surface area contributed by atoms with Crippen molar-refractivity contribution in [3.63, 3.8) is 0 Å². The van der Waals surface area contributed by atoms with E-state index in [1.54, 1.807) is 0 Å². The average molecular weight is 317 g/mol. The largest absolute Gasteiger partial charge is 0.378 e. The Hall–Kier alpha value is -1.76. The van der Waals surface area contributed by atoms with E-state index in [0.717, 1.165) is 25.3 Å². The lowest BCUT2D eigenvalue weighted by Gasteiger charge is -2.33. The van der Waals surface area contributed by atoms with Gasteiger partial charge in [0, 0.05) is 18.7 Å². The van der Waals surface area contributed by atoms with Crippen molar-refractivity contribution in [3.05, 3.63) is 36.2 Å². The second-order valence-electron chi connectivity index (χ2n) is 5.87. The normalized spacial score (nSPS) is 19.3. The Morgan fingerprint density at radius 3 is 2.91 bits per heavy atom. The maximum atomic E-state index is 5.66. The average Bonchev–Trinajstić information content (AvgIpc) is 3.06. The van der Waals surface area contributed by atoms with Crippen molar-refractivity contribution in [2.24, 2.45) is 0 Å². The number of morpholine rings is 1. The molecule has 0 amide bonds. The third kappa shape index (κ3) is 4.16. The summed E-state index contributed by atoms with van der Waals surface area (Å²) in [5, 5.41) is 4.16. The predicted octanol–water partition coefficient (Wildman–Crippen LogP) is 2.53. The maximum absolute atomic E-state index is 5.66. The monoisotopic (exact) mass is 317 g/mol. The highest BCUT2D eigenvalue weighted by atomic mass is 16.5. The van der Waals surface area contributed by atoms with Crippen molar-refractivity contribution in [1.29, 1.82) is 0 Å². The summed E-state index contributed by atoms with van der Waals surface area (Å²) in [5.74, 6) is 1.22. The molecule has 1 aliphatic heterocycles. The van der Waals surface area contributed by atoms with Crippen molar-refractivity contribution < 1.29 is 14.0 Å². The quantitative estimate of drug-likeness (QED) is 0.816. The van der Waals surface area contributed by atoms with Crippen LogP contribution in [0, 0.1) is 0 Å². The summed E-state index contributed by atoms with van der Waals surface area (Å²) >= 11 is 0. The van der Waals surface area contributed by atoms with E-state index in [1.165, 1.54) is 0 Å². The van der Waals surface area contributed by atoms with Gasteiger partial charge in [0.1, 0.15) is 0 Å². The highest BCUT2D eigenvalue weighted by Crippen LogP contribution is 2.24. The van der Waals surface area contributed by atoms with Gasteiger partial charge in [-0.1, -0.05) is 23.4 Å². The van der Waals surface area contributed by atoms with Crippen LogP contribution in [0.2, 0.25) is 0 Å². The van der Waals surface area contributed by atoms with Crippen molar-refractivity contribution in [2.75, 3.05) is 32.9 Å². The molecular weight excluding hydrogens is 294 g/mol. The van der Waals surface area contributed by atoms with Crippen LogP contribution in [0.25, 0.3) is 11.5 Å². The Bertz CT molecular complexity index is 600. The Labute approximate surface area is 136 Å². The molecule has 3 rings (SSSR count). The van der Waals surface area contributed by atoms with Crippen LogP contribution in [0.5, 0.6) is 0 Å². The highest BCUT2D eigenvalue weighted by Gasteiger charge is 2.28. The number of rotatable bonds is 6. The first-order chi connectivity index (χ1) is 11.2. The highest BCUT2D eigenvalue weighted by molar-refractivity contribution is 5.52. The fourth-order valence-corrected chi connectivity index (χ4v) is 2.62. The second-order valence-corrected chi connectivity index (χ2v) is 5.87. The van der Waals surface area contributed by atoms with Gasteiger partial charge in [-0.05, 0) is 26.0 Å². The van der Waals surface area contributed by atoms with Crippen LogP contribution in [-0.2, 0) is 9.47 Å². The molecule has 0 N–H and O–H groups in total. The van der Waals surface area contributed by atoms with Gasteiger partial charge < -0.3 is 14.0 Å². The molecule has 1 atom stereocenters. The first kappa shape index (κ1) is 16.1. The molecule has 23 heavy (non-hydrogen) atoms. The molecule has 124 valence electrons. The molecule has 2 aromatic rings. The lowest BCUT2D eigenvalue weighted by Crippen LogP contribution is -2.42. The van der Waals surface area contributed by atoms with Gasteiger partial charge in [-0.25, -0.2) is 0 Å². The molecule has 0 radical (unpaired) electrons. The van der Waals surface area contributed by atoms with E-state index in [9.17, 15) is 0 Å². The van der Waals surface area contributed by atoms with Crippen molar-refractivity contribution in [3.8, 4) is 11.5 Å². The van der Waals surface area contributed by atoms with Crippen LogP contribution in [0.3, 0.4) is 0 Å². The van der Waals surface area contributed by atoms with Crippen LogP contribution in [-0.4, -0.2) is 54.1 Å². The van der Waals surface area contributed by atoms with E-state index in [0.29, 0.717) is 24.9 Å². The summed E-state index contributed by atoms with van der Waals surface area (Å²) in [6.45, 7) is 7.77. The molecule has 6 nitrogen and oxygen atoms in total. The van der Waals surface area contributed by atoms with Crippen LogP contribution >= 0.6 is 0 Å². The number of nitrogens with zero attached hydrogens (tertiary/aromatic N) is 3. The first-order valence-electron chi connectivity index (χ1n) is 8.06. The summed E-state index contributed by atoms with van der Waals surface area (Å²) in [6, 6.07) is 9.82. The molecule has 2 heterocycles. The minimum absolute atomic E-state index is 0.0146. The lowest BCUT2D eigenvalue weighted by atomic mass is 10.2. The van der Waals surface area contributed by atoms with Gasteiger partial charge in [-0.2, -0.15) is 4.98 Å². The Morgan fingerprint density at radius 1 is 1.30 bits per heavy atom. The van der Waals surface area contributed by atoms with Gasteiger partial charge in [0.05, 0.1) is 32.0 Å². The molecular formula is C17H23N3O3. The van der Waals surface area contributed by atoms with E-state index >= 15 is 0 Å². The minimum atomic E-state index is 0.0146. The van der Waals surface area contributed by atoms with Gasteiger partial charge in [0.25, 0.3) is 5.89 Å². The zero-order chi connectivity index (χ0) is 16.1. The lowest BCUT2D eigenvalue weighted by molar-refractivity contribution is -0.0305. The van der Waals surface area contributed by atoms with Crippen LogP contribution in [0.1, 0.15) is 25.7 Å². The van der Waals surface area contributed by atoms with E-state index in [-0.39, 0.29) is 12.1 Å². The molecule has 1 saturated heterocycles. The Kier molecular flexibility index (Phi) is 5.38. The van der Waals surface area contributed by atoms with Gasteiger partial charge in [0.15, 0.2) is 5.82 Å². The van der Waals surface area contributed by atoms with Crippen molar-refractivity contribution >= 4 is 0 Å². The van der Waals surface area contributed by atoms with E-state index < -0.39 is 0 Å². The van der Waals surface area contributed by atoms with E-state index in [4.69, 9.17) is 14.0 Å². The fourth-order valence-electron chi connectivity index (χ4n) is 2.62. The SMILES string of the molecule is CC(C)OCCN1CCOCC1c1noc(-c2ccccc2)n1. The molecule has 0 spiro atoms. The smallest absolute Gasteiger partial charge is 0.257 e. The topological polar surface area (TPSA) is 60.6 Å². The number of aromatic nitrogens is 2. The Balaban J connectivity index is 1.69. The molecule has 0 bridgehead atoms. The molecule has 6 heteroatoms. The third-order valence-corrected chi connectivity index (χ3v) is 3.83. The third-order valence-electron chi connectivity index (χ3n) is 3.83. The standard InChI is InChI=1S/C17H23N3O3/c1-13(2)22-11-9-20-8-10-21-12-15(20)16-18-17(23-19-16)14-6-4-3-5-7-14/h3-7,13,15H,8-12H2,1-2H3. The Morgan fingerprint density at radius 2 is 2.13 bits per heavy atom. The van der Waals surface area contributed by atoms with Crippen molar-refractivity contribution in [1.82, 2.24) is 15.0 Å². The summed E-state index contributed by atoms with van der Waals surface area (Å²) in [6.07, 6.45) is 0.240. The van der Waals surface area contributed by atoms with Gasteiger partial charge >= 0.3 is 0 Å². The number of ether oxygens (including phenoxy) is 2. The van der Waals surface area contributed by atoms with Crippen LogP contribution in [0.4, 0.5) is 0 Å². The minimum Gasteiger partial charge on any atom is -0.378 e. The van der Waals surface area contributed by atoms with E-state index in [2.05, 4.69) is 15.0 Å². The number of benzene rings is 1. The fraction of sp³-hybridized carbons (Fsp3) is 0.529. The first-order valence-corrected chi connectivity index (χ1v) is 8.06. The van der Waals surface area contributed by atoms with E-state index in [1.807, 2.05) is 44.2 Å². The predicted molar refractivity (Wildman–Crippen MR) is 86.0 cm³/mol. The summed E-state index contributed by atoms with van der Waals surface area (Å²) < 4.78 is 16.7. The summed E-state index contributed by atoms with van der Waals surface area (Å²) in [5.41, 5.74) is 0.928. The molecule has 1 aliphatic rings. The zero-order valence-corrected chi connectivity index (χ0v) is 13.6. The number of hydrogen-bond acceptors (Lipinski definition) is 6. The maximum Gasteiger partial charge on any atom is 0.257 e. The zero-order valence-electron chi connectivity index (χ0n) is 13.6. The molecule has 1 fully saturated rings. The summed E-state index contributed by atoms with van der Waals surface area (Å²) in [4.78, 5) is 6.85. The van der Waals surface area contributed by atoms with Crippen molar-refractivity contribution in [2.45, 2.75) is 26.0 Å². The summed E-state index contributed by atoms with van der Waals surface area (Å²) in [7, 11) is 0. The van der Waals surface area contributed by atoms with Gasteiger partial charge in [0.2, 0.25) is 0 Å². The van der Waals surface area contributed by atoms with Crippen LogP contribution in [0.15, 0.2) is 34.9 Å². The molecule has 1 aromatic carbocycles. The molecule has 1 aromatic heterocycles. The van der Waals surface area contributed by atoms with Crippen LogP contribution < -0.4 is 0 Å². The second kappa shape index (κ2) is 7.68. The molecule has 0 saturated carbocycles.